The van der Waals surface area contributed by atoms with E-state index in [2.05, 4.69) is 10.3 Å². The summed E-state index contributed by atoms with van der Waals surface area (Å²) < 4.78 is 0. The molecule has 1 aromatic heterocycles. The van der Waals surface area contributed by atoms with Gasteiger partial charge in [0, 0.05) is 0 Å². The van der Waals surface area contributed by atoms with Gasteiger partial charge in [0.25, 0.3) is 5.91 Å². The van der Waals surface area contributed by atoms with Crippen LogP contribution in [0, 0.1) is 19.8 Å². The highest BCUT2D eigenvalue weighted by atomic mass is 32.1. The van der Waals surface area contributed by atoms with E-state index < -0.39 is 17.4 Å². The summed E-state index contributed by atoms with van der Waals surface area (Å²) in [7, 11) is 0. The summed E-state index contributed by atoms with van der Waals surface area (Å²) in [5.74, 6) is -1.55. The Kier molecular flexibility index (Phi) is 4.13. The maximum Gasteiger partial charge on any atom is 0.308 e. The lowest BCUT2D eigenvalue weighted by Crippen LogP contribution is -2.55. The standard InChI is InChI=1S/C14H20N2O3S/c1-8-11(20-9(2)15-8)12(17)16-14(3)7-5-4-6-10(14)13(18)19/h10H,4-7H2,1-3H3,(H,16,17)(H,18,19). The second kappa shape index (κ2) is 5.52. The number of thiazole rings is 1. The monoisotopic (exact) mass is 296 g/mol. The topological polar surface area (TPSA) is 79.3 Å². The van der Waals surface area contributed by atoms with Gasteiger partial charge in [0.15, 0.2) is 0 Å². The summed E-state index contributed by atoms with van der Waals surface area (Å²) in [6, 6.07) is 0. The highest BCUT2D eigenvalue weighted by Gasteiger charge is 2.42. The molecule has 20 heavy (non-hydrogen) atoms. The van der Waals surface area contributed by atoms with Crippen molar-refractivity contribution in [3.8, 4) is 0 Å². The predicted octanol–water partition coefficient (Wildman–Crippen LogP) is 2.52. The zero-order valence-electron chi connectivity index (χ0n) is 12.0. The average Bonchev–Trinajstić information content (AvgIpc) is 2.68. The Morgan fingerprint density at radius 2 is 2.10 bits per heavy atom. The number of aliphatic carboxylic acids is 1. The molecule has 2 rings (SSSR count). The molecule has 0 saturated heterocycles. The average molecular weight is 296 g/mol. The van der Waals surface area contributed by atoms with Crippen molar-refractivity contribution in [3.05, 3.63) is 15.6 Å². The van der Waals surface area contributed by atoms with Crippen LogP contribution < -0.4 is 5.32 Å². The van der Waals surface area contributed by atoms with Gasteiger partial charge in [-0.15, -0.1) is 11.3 Å². The van der Waals surface area contributed by atoms with Crippen molar-refractivity contribution in [1.29, 1.82) is 0 Å². The molecule has 110 valence electrons. The molecule has 2 N–H and O–H groups in total. The number of nitrogens with zero attached hydrogens (tertiary/aromatic N) is 1. The Hall–Kier alpha value is -1.43. The first-order chi connectivity index (χ1) is 9.33. The molecular weight excluding hydrogens is 276 g/mol. The number of aromatic nitrogens is 1. The van der Waals surface area contributed by atoms with Crippen LogP contribution in [0.4, 0.5) is 0 Å². The first kappa shape index (κ1) is 15.0. The van der Waals surface area contributed by atoms with E-state index in [9.17, 15) is 14.7 Å². The van der Waals surface area contributed by atoms with E-state index in [0.29, 0.717) is 23.4 Å². The highest BCUT2D eigenvalue weighted by Crippen LogP contribution is 2.34. The first-order valence-electron chi connectivity index (χ1n) is 6.83. The van der Waals surface area contributed by atoms with Gasteiger partial charge in [-0.1, -0.05) is 12.8 Å². The van der Waals surface area contributed by atoms with E-state index in [-0.39, 0.29) is 5.91 Å². The number of rotatable bonds is 3. The van der Waals surface area contributed by atoms with Crippen molar-refractivity contribution in [3.63, 3.8) is 0 Å². The Bertz CT molecular complexity index is 541. The van der Waals surface area contributed by atoms with Gasteiger partial charge in [-0.2, -0.15) is 0 Å². The quantitative estimate of drug-likeness (QED) is 0.898. The summed E-state index contributed by atoms with van der Waals surface area (Å²) in [5, 5.41) is 13.1. The second-order valence-electron chi connectivity index (χ2n) is 5.66. The SMILES string of the molecule is Cc1nc(C)c(C(=O)NC2(C)CCCCC2C(=O)O)s1. The largest absolute Gasteiger partial charge is 0.481 e. The molecule has 1 aliphatic rings. The maximum atomic E-state index is 12.4. The number of aryl methyl sites for hydroxylation is 2. The number of nitrogens with one attached hydrogen (secondary N) is 1. The Morgan fingerprint density at radius 3 is 2.65 bits per heavy atom. The zero-order valence-corrected chi connectivity index (χ0v) is 12.8. The smallest absolute Gasteiger partial charge is 0.308 e. The minimum absolute atomic E-state index is 0.205. The fourth-order valence-corrected chi connectivity index (χ4v) is 3.75. The van der Waals surface area contributed by atoms with Crippen molar-refractivity contribution in [1.82, 2.24) is 10.3 Å². The first-order valence-corrected chi connectivity index (χ1v) is 7.64. The number of carbonyl (C=O) groups is 2. The third kappa shape index (κ3) is 2.85. The van der Waals surface area contributed by atoms with Gasteiger partial charge in [-0.05, 0) is 33.6 Å². The van der Waals surface area contributed by atoms with Crippen molar-refractivity contribution >= 4 is 23.2 Å². The minimum Gasteiger partial charge on any atom is -0.481 e. The van der Waals surface area contributed by atoms with Gasteiger partial charge in [-0.25, -0.2) is 4.98 Å². The lowest BCUT2D eigenvalue weighted by atomic mass is 9.74. The van der Waals surface area contributed by atoms with E-state index in [1.807, 2.05) is 13.8 Å². The molecule has 5 nitrogen and oxygen atoms in total. The molecular formula is C14H20N2O3S. The molecule has 1 saturated carbocycles. The molecule has 0 radical (unpaired) electrons. The molecule has 2 unspecified atom stereocenters. The van der Waals surface area contributed by atoms with Crippen LogP contribution in [0.5, 0.6) is 0 Å². The number of hydrogen-bond donors (Lipinski definition) is 2. The normalized spacial score (nSPS) is 26.2. The number of amides is 1. The fraction of sp³-hybridized carbons (Fsp3) is 0.643. The van der Waals surface area contributed by atoms with Gasteiger partial charge in [-0.3, -0.25) is 9.59 Å². The molecule has 0 spiro atoms. The van der Waals surface area contributed by atoms with Crippen LogP contribution in [0.15, 0.2) is 0 Å². The van der Waals surface area contributed by atoms with E-state index in [1.54, 1.807) is 6.92 Å². The molecule has 1 fully saturated rings. The summed E-state index contributed by atoms with van der Waals surface area (Å²) in [6.45, 7) is 5.50. The number of carboxylic acids is 1. The zero-order chi connectivity index (χ0) is 14.9. The molecule has 1 aromatic rings. The van der Waals surface area contributed by atoms with Crippen LogP contribution in [0.2, 0.25) is 0 Å². The van der Waals surface area contributed by atoms with Gasteiger partial charge in [0.2, 0.25) is 0 Å². The Morgan fingerprint density at radius 1 is 1.40 bits per heavy atom. The van der Waals surface area contributed by atoms with Crippen LogP contribution in [0.3, 0.4) is 0 Å². The van der Waals surface area contributed by atoms with Crippen LogP contribution >= 0.6 is 11.3 Å². The second-order valence-corrected chi connectivity index (χ2v) is 6.86. The van der Waals surface area contributed by atoms with Crippen LogP contribution in [-0.4, -0.2) is 27.5 Å². The van der Waals surface area contributed by atoms with Gasteiger partial charge >= 0.3 is 5.97 Å². The van der Waals surface area contributed by atoms with Crippen molar-refractivity contribution in [2.45, 2.75) is 52.0 Å². The number of carbonyl (C=O) groups excluding carboxylic acids is 1. The molecule has 0 bridgehead atoms. The summed E-state index contributed by atoms with van der Waals surface area (Å²) in [4.78, 5) is 28.6. The maximum absolute atomic E-state index is 12.4. The van der Waals surface area contributed by atoms with E-state index in [4.69, 9.17) is 0 Å². The van der Waals surface area contributed by atoms with Gasteiger partial charge in [0.1, 0.15) is 4.88 Å². The van der Waals surface area contributed by atoms with Crippen LogP contribution in [0.25, 0.3) is 0 Å². The van der Waals surface area contributed by atoms with Gasteiger partial charge in [0.05, 0.1) is 22.2 Å². The van der Waals surface area contributed by atoms with E-state index in [0.717, 1.165) is 17.8 Å². The predicted molar refractivity (Wildman–Crippen MR) is 77.1 cm³/mol. The molecule has 2 atom stereocenters. The number of carboxylic acid groups (broad SMARTS) is 1. The number of hydrogen-bond acceptors (Lipinski definition) is 4. The third-order valence-corrected chi connectivity index (χ3v) is 5.09. The third-order valence-electron chi connectivity index (χ3n) is 4.01. The summed E-state index contributed by atoms with van der Waals surface area (Å²) in [6.07, 6.45) is 3.17. The van der Waals surface area contributed by atoms with Crippen LogP contribution in [0.1, 0.15) is 53.0 Å². The summed E-state index contributed by atoms with van der Waals surface area (Å²) >= 11 is 1.35. The van der Waals surface area contributed by atoms with Crippen molar-refractivity contribution in [2.24, 2.45) is 5.92 Å². The van der Waals surface area contributed by atoms with Gasteiger partial charge < -0.3 is 10.4 Å². The minimum atomic E-state index is -0.829. The lowest BCUT2D eigenvalue weighted by molar-refractivity contribution is -0.145. The highest BCUT2D eigenvalue weighted by molar-refractivity contribution is 7.13. The Labute approximate surface area is 122 Å². The lowest BCUT2D eigenvalue weighted by Gasteiger charge is -2.39. The molecule has 6 heteroatoms. The molecule has 1 aliphatic carbocycles. The Balaban J connectivity index is 2.20. The molecule has 0 aromatic carbocycles. The fourth-order valence-electron chi connectivity index (χ4n) is 2.94. The molecule has 1 amide bonds. The summed E-state index contributed by atoms with van der Waals surface area (Å²) in [5.41, 5.74) is 0.0298. The molecule has 0 aliphatic heterocycles. The van der Waals surface area contributed by atoms with Crippen molar-refractivity contribution in [2.75, 3.05) is 0 Å². The van der Waals surface area contributed by atoms with Crippen LogP contribution in [-0.2, 0) is 4.79 Å². The van der Waals surface area contributed by atoms with E-state index in [1.165, 1.54) is 11.3 Å². The molecule has 1 heterocycles. The van der Waals surface area contributed by atoms with Crippen molar-refractivity contribution < 1.29 is 14.7 Å². The van der Waals surface area contributed by atoms with E-state index >= 15 is 0 Å².